The first-order chi connectivity index (χ1) is 12.4. The van der Waals surface area contributed by atoms with Gasteiger partial charge in [-0.05, 0) is 36.2 Å². The van der Waals surface area contributed by atoms with E-state index in [1.807, 2.05) is 4.90 Å². The van der Waals surface area contributed by atoms with E-state index >= 15 is 0 Å². The molecule has 1 aliphatic rings. The Balaban J connectivity index is 1.76. The van der Waals surface area contributed by atoms with Crippen molar-refractivity contribution >= 4 is 21.9 Å². The first-order valence-corrected chi connectivity index (χ1v) is 9.65. The van der Waals surface area contributed by atoms with Crippen LogP contribution in [0, 0.1) is 6.92 Å². The first kappa shape index (κ1) is 18.3. The lowest BCUT2D eigenvalue weighted by molar-refractivity contribution is -0.136. The minimum absolute atomic E-state index is 0.128. The van der Waals surface area contributed by atoms with Gasteiger partial charge in [0.1, 0.15) is 0 Å². The molecule has 0 unspecified atom stereocenters. The van der Waals surface area contributed by atoms with E-state index in [1.54, 1.807) is 31.5 Å². The van der Waals surface area contributed by atoms with Gasteiger partial charge in [0.25, 0.3) is 0 Å². The van der Waals surface area contributed by atoms with E-state index in [-0.39, 0.29) is 11.3 Å². The molecular weight excluding hydrogens is 356 g/mol. The third kappa shape index (κ3) is 3.83. The van der Waals surface area contributed by atoms with E-state index < -0.39 is 16.0 Å². The topological polar surface area (TPSA) is 104 Å². The van der Waals surface area contributed by atoms with Crippen LogP contribution >= 0.6 is 0 Å². The van der Waals surface area contributed by atoms with Gasteiger partial charge < -0.3 is 10.0 Å². The number of piperazine rings is 1. The van der Waals surface area contributed by atoms with Gasteiger partial charge in [-0.25, -0.2) is 18.4 Å². The lowest BCUT2D eigenvalue weighted by Gasteiger charge is -2.34. The minimum atomic E-state index is -3.67. The fourth-order valence-electron chi connectivity index (χ4n) is 2.89. The maximum Gasteiger partial charge on any atom is 0.307 e. The number of anilines is 1. The van der Waals surface area contributed by atoms with Crippen LogP contribution in [0.3, 0.4) is 0 Å². The smallest absolute Gasteiger partial charge is 0.307 e. The van der Waals surface area contributed by atoms with Gasteiger partial charge in [0.15, 0.2) is 0 Å². The van der Waals surface area contributed by atoms with Crippen LogP contribution in [0.2, 0.25) is 0 Å². The Morgan fingerprint density at radius 1 is 1.15 bits per heavy atom. The van der Waals surface area contributed by atoms with Gasteiger partial charge in [-0.1, -0.05) is 6.07 Å². The van der Waals surface area contributed by atoms with Crippen molar-refractivity contribution < 1.29 is 18.3 Å². The van der Waals surface area contributed by atoms with Gasteiger partial charge in [-0.3, -0.25) is 4.79 Å². The van der Waals surface area contributed by atoms with Crippen LogP contribution in [0.15, 0.2) is 41.6 Å². The van der Waals surface area contributed by atoms with Crippen molar-refractivity contribution in [3.8, 4) is 0 Å². The number of carbonyl (C=O) groups is 1. The molecule has 1 aromatic heterocycles. The summed E-state index contributed by atoms with van der Waals surface area (Å²) in [6.07, 6.45) is 3.11. The zero-order chi connectivity index (χ0) is 18.7. The molecule has 1 aromatic carbocycles. The average Bonchev–Trinajstić information content (AvgIpc) is 2.64. The molecule has 0 atom stereocenters. The van der Waals surface area contributed by atoms with Crippen LogP contribution in [-0.4, -0.2) is 59.9 Å². The highest BCUT2D eigenvalue weighted by Gasteiger charge is 2.29. The normalized spacial score (nSPS) is 15.8. The molecule has 0 aliphatic carbocycles. The highest BCUT2D eigenvalue weighted by Crippen LogP contribution is 2.22. The fraction of sp³-hybridized carbons (Fsp3) is 0.353. The number of hydrogen-bond donors (Lipinski definition) is 1. The number of rotatable bonds is 5. The van der Waals surface area contributed by atoms with Crippen LogP contribution in [0.25, 0.3) is 0 Å². The Morgan fingerprint density at radius 3 is 2.42 bits per heavy atom. The van der Waals surface area contributed by atoms with Gasteiger partial charge in [0.2, 0.25) is 16.0 Å². The number of nitrogens with zero attached hydrogens (tertiary/aromatic N) is 4. The molecule has 1 N–H and O–H groups in total. The van der Waals surface area contributed by atoms with Crippen molar-refractivity contribution in [3.63, 3.8) is 0 Å². The van der Waals surface area contributed by atoms with Crippen LogP contribution in [-0.2, 0) is 21.2 Å². The maximum atomic E-state index is 12.9. The molecule has 1 fully saturated rings. The number of carboxylic acid groups (broad SMARTS) is 1. The van der Waals surface area contributed by atoms with Crippen molar-refractivity contribution in [3.05, 3.63) is 47.8 Å². The predicted molar refractivity (Wildman–Crippen MR) is 95.5 cm³/mol. The summed E-state index contributed by atoms with van der Waals surface area (Å²) in [4.78, 5) is 21.4. The quantitative estimate of drug-likeness (QED) is 0.827. The van der Waals surface area contributed by atoms with E-state index in [0.29, 0.717) is 37.7 Å². The molecule has 138 valence electrons. The van der Waals surface area contributed by atoms with Crippen molar-refractivity contribution in [2.75, 3.05) is 31.1 Å². The second kappa shape index (κ2) is 7.38. The number of carboxylic acids is 1. The summed E-state index contributed by atoms with van der Waals surface area (Å²) < 4.78 is 27.2. The summed E-state index contributed by atoms with van der Waals surface area (Å²) in [5.74, 6) is -0.400. The molecule has 8 nitrogen and oxygen atoms in total. The monoisotopic (exact) mass is 376 g/mol. The Hall–Kier alpha value is -2.52. The molecule has 0 bridgehead atoms. The zero-order valence-electron chi connectivity index (χ0n) is 14.4. The molecule has 2 heterocycles. The Labute approximate surface area is 152 Å². The highest BCUT2D eigenvalue weighted by atomic mass is 32.2. The first-order valence-electron chi connectivity index (χ1n) is 8.21. The Kier molecular flexibility index (Phi) is 5.19. The third-order valence-electron chi connectivity index (χ3n) is 4.37. The Morgan fingerprint density at radius 2 is 1.81 bits per heavy atom. The molecular formula is C17H20N4O4S. The molecule has 0 saturated carbocycles. The van der Waals surface area contributed by atoms with Gasteiger partial charge in [-0.15, -0.1) is 0 Å². The summed E-state index contributed by atoms with van der Waals surface area (Å²) in [7, 11) is -3.67. The molecule has 9 heteroatoms. The minimum Gasteiger partial charge on any atom is -0.481 e. The molecule has 0 amide bonds. The van der Waals surface area contributed by atoms with Gasteiger partial charge in [0.05, 0.1) is 11.3 Å². The average molecular weight is 376 g/mol. The van der Waals surface area contributed by atoms with Crippen LogP contribution < -0.4 is 4.90 Å². The molecule has 1 saturated heterocycles. The largest absolute Gasteiger partial charge is 0.481 e. The van der Waals surface area contributed by atoms with Crippen molar-refractivity contribution in [2.45, 2.75) is 18.2 Å². The lowest BCUT2D eigenvalue weighted by atomic mass is 10.1. The molecule has 26 heavy (non-hydrogen) atoms. The van der Waals surface area contributed by atoms with Crippen LogP contribution in [0.1, 0.15) is 11.1 Å². The van der Waals surface area contributed by atoms with Gasteiger partial charge >= 0.3 is 5.97 Å². The number of aryl methyl sites for hydroxylation is 1. The van der Waals surface area contributed by atoms with Crippen molar-refractivity contribution in [2.24, 2.45) is 0 Å². The number of aromatic nitrogens is 2. The summed E-state index contributed by atoms with van der Waals surface area (Å²) >= 11 is 0. The number of aliphatic carboxylic acids is 1. The summed E-state index contributed by atoms with van der Waals surface area (Å²) in [6.45, 7) is 3.41. The van der Waals surface area contributed by atoms with Crippen molar-refractivity contribution in [1.29, 1.82) is 0 Å². The molecule has 2 aromatic rings. The lowest BCUT2D eigenvalue weighted by Crippen LogP contribution is -2.49. The molecule has 0 spiro atoms. The van der Waals surface area contributed by atoms with E-state index in [2.05, 4.69) is 9.97 Å². The van der Waals surface area contributed by atoms with Crippen LogP contribution in [0.5, 0.6) is 0 Å². The number of hydrogen-bond acceptors (Lipinski definition) is 6. The second-order valence-corrected chi connectivity index (χ2v) is 8.04. The maximum absolute atomic E-state index is 12.9. The molecule has 0 radical (unpaired) electrons. The summed E-state index contributed by atoms with van der Waals surface area (Å²) in [6, 6.07) is 6.38. The van der Waals surface area contributed by atoms with E-state index in [9.17, 15) is 13.2 Å². The predicted octanol–water partition coefficient (Wildman–Crippen LogP) is 0.923. The molecule has 3 rings (SSSR count). The number of sulfonamides is 1. The summed E-state index contributed by atoms with van der Waals surface area (Å²) in [5.41, 5.74) is 1.27. The summed E-state index contributed by atoms with van der Waals surface area (Å²) in [5, 5.41) is 8.99. The van der Waals surface area contributed by atoms with Gasteiger partial charge in [0, 0.05) is 38.6 Å². The SMILES string of the molecule is Cc1ccc(S(=O)(=O)N2CCN(c3ncccn3)CC2)cc1CC(=O)O. The van der Waals surface area contributed by atoms with Gasteiger partial charge in [-0.2, -0.15) is 4.31 Å². The third-order valence-corrected chi connectivity index (χ3v) is 6.27. The highest BCUT2D eigenvalue weighted by molar-refractivity contribution is 7.89. The van der Waals surface area contributed by atoms with Crippen molar-refractivity contribution in [1.82, 2.24) is 14.3 Å². The Bertz CT molecular complexity index is 894. The zero-order valence-corrected chi connectivity index (χ0v) is 15.2. The molecule has 1 aliphatic heterocycles. The van der Waals surface area contributed by atoms with E-state index in [0.717, 1.165) is 5.56 Å². The van der Waals surface area contributed by atoms with Crippen LogP contribution in [0.4, 0.5) is 5.95 Å². The van der Waals surface area contributed by atoms with E-state index in [4.69, 9.17) is 5.11 Å². The second-order valence-electron chi connectivity index (χ2n) is 6.10. The van der Waals surface area contributed by atoms with E-state index in [1.165, 1.54) is 16.4 Å². The fourth-order valence-corrected chi connectivity index (χ4v) is 4.37. The number of benzene rings is 1. The standard InChI is InChI=1S/C17H20N4O4S/c1-13-3-4-15(11-14(13)12-16(22)23)26(24,25)21-9-7-20(8-10-21)17-18-5-2-6-19-17/h2-6,11H,7-10,12H2,1H3,(H,22,23).